The lowest BCUT2D eigenvalue weighted by Crippen LogP contribution is -2.57. The third-order valence-electron chi connectivity index (χ3n) is 5.80. The van der Waals surface area contributed by atoms with Crippen LogP contribution in [0.2, 0.25) is 0 Å². The number of rotatable bonds is 12. The zero-order valence-electron chi connectivity index (χ0n) is 22.0. The Morgan fingerprint density at radius 2 is 0.974 bits per heavy atom. The van der Waals surface area contributed by atoms with E-state index in [9.17, 15) is 19.2 Å². The molecule has 210 valence electrons. The van der Waals surface area contributed by atoms with Gasteiger partial charge in [-0.2, -0.15) is 0 Å². The first-order valence-electron chi connectivity index (χ1n) is 11.9. The number of carbonyl (C=O) groups excluding carboxylic acids is 4. The third kappa shape index (κ3) is 7.31. The Bertz CT molecular complexity index is 883. The fourth-order valence-electron chi connectivity index (χ4n) is 4.23. The van der Waals surface area contributed by atoms with Gasteiger partial charge in [0.25, 0.3) is 0 Å². The Balaban J connectivity index is 1.65. The van der Waals surface area contributed by atoms with Crippen LogP contribution >= 0.6 is 0 Å². The van der Waals surface area contributed by atoms with Gasteiger partial charge in [-0.25, -0.2) is 19.2 Å². The highest BCUT2D eigenvalue weighted by Gasteiger charge is 2.35. The molecule has 3 rings (SSSR count). The zero-order valence-corrected chi connectivity index (χ0v) is 22.0. The number of methoxy groups -OCH3 is 4. The first-order valence-corrected chi connectivity index (χ1v) is 11.9. The molecular formula is C24H34N4O10. The maximum Gasteiger partial charge on any atom is 0.338 e. The molecule has 2 aliphatic heterocycles. The predicted molar refractivity (Wildman–Crippen MR) is 130 cm³/mol. The molecule has 0 saturated carbocycles. The van der Waals surface area contributed by atoms with Crippen LogP contribution in [0, 0.1) is 0 Å². The molecule has 2 saturated heterocycles. The summed E-state index contributed by atoms with van der Waals surface area (Å²) in [7, 11) is 5.85. The molecule has 0 spiro atoms. The molecule has 2 fully saturated rings. The molecule has 0 aromatic heterocycles. The van der Waals surface area contributed by atoms with Crippen LogP contribution in [-0.4, -0.2) is 137 Å². The molecule has 0 radical (unpaired) electrons. The Kier molecular flexibility index (Phi) is 10.6. The molecule has 0 bridgehead atoms. The number of ether oxygens (including phenoxy) is 6. The van der Waals surface area contributed by atoms with E-state index < -0.39 is 24.1 Å². The molecule has 38 heavy (non-hydrogen) atoms. The fourth-order valence-corrected chi connectivity index (χ4v) is 4.23. The van der Waals surface area contributed by atoms with Crippen LogP contribution < -0.4 is 0 Å². The largest absolute Gasteiger partial charge is 0.455 e. The van der Waals surface area contributed by atoms with Crippen LogP contribution in [0.1, 0.15) is 20.7 Å². The van der Waals surface area contributed by atoms with E-state index in [2.05, 4.69) is 0 Å². The summed E-state index contributed by atoms with van der Waals surface area (Å²) in [5.74, 6) is -1.32. The van der Waals surface area contributed by atoms with Gasteiger partial charge in [0, 0.05) is 28.4 Å². The van der Waals surface area contributed by atoms with E-state index in [4.69, 9.17) is 28.4 Å². The van der Waals surface area contributed by atoms with Gasteiger partial charge in [-0.1, -0.05) is 6.07 Å². The number of nitrogens with zero attached hydrogens (tertiary/aromatic N) is 4. The number of benzene rings is 1. The van der Waals surface area contributed by atoms with Crippen molar-refractivity contribution >= 4 is 24.0 Å². The van der Waals surface area contributed by atoms with Gasteiger partial charge >= 0.3 is 24.0 Å². The summed E-state index contributed by atoms with van der Waals surface area (Å²) >= 11 is 0. The van der Waals surface area contributed by atoms with E-state index >= 15 is 0 Å². The standard InChI is InChI=1S/C24H34N4O10/c1-33-13-25-9-19(10-26(14-34-2)23(25)31)37-21(29)17-6-5-7-18(8-17)22(30)38-20-11-27(15-35-3)24(32)28(12-20)16-36-4/h5-8,19-20H,9-16H2,1-4H3. The summed E-state index contributed by atoms with van der Waals surface area (Å²) in [5.41, 5.74) is 0.294. The van der Waals surface area contributed by atoms with Gasteiger partial charge in [0.05, 0.1) is 37.3 Å². The summed E-state index contributed by atoms with van der Waals surface area (Å²) in [6, 6.07) is 5.39. The minimum Gasteiger partial charge on any atom is -0.455 e. The van der Waals surface area contributed by atoms with Crippen molar-refractivity contribution in [1.82, 2.24) is 19.6 Å². The van der Waals surface area contributed by atoms with Gasteiger partial charge in [-0.15, -0.1) is 0 Å². The summed E-state index contributed by atoms with van der Waals surface area (Å²) in [4.78, 5) is 56.4. The van der Waals surface area contributed by atoms with Crippen molar-refractivity contribution in [3.05, 3.63) is 35.4 Å². The molecule has 14 heteroatoms. The van der Waals surface area contributed by atoms with Crippen LogP contribution in [0.5, 0.6) is 0 Å². The lowest BCUT2D eigenvalue weighted by atomic mass is 10.1. The smallest absolute Gasteiger partial charge is 0.338 e. The molecule has 0 aliphatic carbocycles. The highest BCUT2D eigenvalue weighted by atomic mass is 16.6. The lowest BCUT2D eigenvalue weighted by Gasteiger charge is -2.38. The highest BCUT2D eigenvalue weighted by Crippen LogP contribution is 2.17. The molecule has 0 unspecified atom stereocenters. The second-order valence-corrected chi connectivity index (χ2v) is 8.76. The number of hydrogen-bond donors (Lipinski definition) is 0. The number of esters is 2. The van der Waals surface area contributed by atoms with E-state index in [0.29, 0.717) is 0 Å². The Hall–Kier alpha value is -3.46. The number of hydrogen-bond acceptors (Lipinski definition) is 10. The van der Waals surface area contributed by atoms with Crippen molar-refractivity contribution in [2.75, 3.05) is 81.5 Å². The topological polar surface area (TPSA) is 137 Å². The lowest BCUT2D eigenvalue weighted by molar-refractivity contribution is -0.0405. The maximum absolute atomic E-state index is 12.9. The molecular weight excluding hydrogens is 504 g/mol. The van der Waals surface area contributed by atoms with Crippen LogP contribution in [0.3, 0.4) is 0 Å². The van der Waals surface area contributed by atoms with Gasteiger partial charge in [0.1, 0.15) is 39.1 Å². The molecule has 1 aromatic carbocycles. The molecule has 2 aliphatic rings. The SMILES string of the molecule is COCN1CC(OC(=O)c2cccc(C(=O)OC3CN(COC)C(=O)N(COC)C3)c2)CN(COC)C1=O. The Morgan fingerprint density at radius 1 is 0.658 bits per heavy atom. The van der Waals surface area contributed by atoms with Gasteiger partial charge in [0.15, 0.2) is 0 Å². The molecule has 2 heterocycles. The second kappa shape index (κ2) is 13.9. The average Bonchev–Trinajstić information content (AvgIpc) is 2.90. The van der Waals surface area contributed by atoms with Crippen molar-refractivity contribution in [3.8, 4) is 0 Å². The summed E-state index contributed by atoms with van der Waals surface area (Å²) in [6.07, 6.45) is -1.28. The molecule has 4 amide bonds. The van der Waals surface area contributed by atoms with E-state index in [1.807, 2.05) is 0 Å². The quantitative estimate of drug-likeness (QED) is 0.349. The van der Waals surface area contributed by atoms with E-state index in [0.717, 1.165) is 0 Å². The van der Waals surface area contributed by atoms with Crippen molar-refractivity contribution in [2.45, 2.75) is 12.2 Å². The van der Waals surface area contributed by atoms with Crippen LogP contribution in [-0.2, 0) is 28.4 Å². The van der Waals surface area contributed by atoms with Crippen molar-refractivity contribution in [2.24, 2.45) is 0 Å². The van der Waals surface area contributed by atoms with Crippen LogP contribution in [0.25, 0.3) is 0 Å². The zero-order chi connectivity index (χ0) is 27.7. The van der Waals surface area contributed by atoms with Gasteiger partial charge in [-0.3, -0.25) is 19.6 Å². The van der Waals surface area contributed by atoms with Crippen molar-refractivity contribution < 1.29 is 47.6 Å². The van der Waals surface area contributed by atoms with E-state index in [1.165, 1.54) is 66.2 Å². The van der Waals surface area contributed by atoms with Crippen LogP contribution in [0.4, 0.5) is 9.59 Å². The van der Waals surface area contributed by atoms with Crippen molar-refractivity contribution in [1.29, 1.82) is 0 Å². The normalized spacial score (nSPS) is 17.3. The Morgan fingerprint density at radius 3 is 1.26 bits per heavy atom. The van der Waals surface area contributed by atoms with Crippen LogP contribution in [0.15, 0.2) is 24.3 Å². The molecule has 0 N–H and O–H groups in total. The first-order chi connectivity index (χ1) is 18.3. The van der Waals surface area contributed by atoms with Gasteiger partial charge in [0.2, 0.25) is 0 Å². The minimum atomic E-state index is -0.658. The van der Waals surface area contributed by atoms with E-state index in [-0.39, 0.29) is 76.3 Å². The van der Waals surface area contributed by atoms with Gasteiger partial charge in [-0.05, 0) is 18.2 Å². The maximum atomic E-state index is 12.9. The van der Waals surface area contributed by atoms with E-state index in [1.54, 1.807) is 6.07 Å². The minimum absolute atomic E-state index is 0.0325. The first kappa shape index (κ1) is 29.1. The molecule has 1 aromatic rings. The fraction of sp³-hybridized carbons (Fsp3) is 0.583. The Labute approximate surface area is 220 Å². The average molecular weight is 539 g/mol. The number of carbonyl (C=O) groups is 4. The second-order valence-electron chi connectivity index (χ2n) is 8.76. The predicted octanol–water partition coefficient (Wildman–Crippen LogP) is 0.628. The summed E-state index contributed by atoms with van der Waals surface area (Å²) < 4.78 is 31.6. The summed E-state index contributed by atoms with van der Waals surface area (Å²) in [5, 5.41) is 0. The summed E-state index contributed by atoms with van der Waals surface area (Å²) in [6.45, 7) is 0.728. The monoisotopic (exact) mass is 538 g/mol. The van der Waals surface area contributed by atoms with Gasteiger partial charge < -0.3 is 28.4 Å². The highest BCUT2D eigenvalue weighted by molar-refractivity contribution is 5.95. The number of urea groups is 2. The molecule has 14 nitrogen and oxygen atoms in total. The number of amides is 4. The van der Waals surface area contributed by atoms with Crippen molar-refractivity contribution in [3.63, 3.8) is 0 Å². The molecule has 0 atom stereocenters. The third-order valence-corrected chi connectivity index (χ3v) is 5.80.